The molecule has 1 nitrogen and oxygen atoms in total. The number of nitrogens with two attached hydrogens (primary N) is 1. The summed E-state index contributed by atoms with van der Waals surface area (Å²) in [6, 6.07) is 18.6. The minimum Gasteiger partial charge on any atom is -0.327 e. The van der Waals surface area contributed by atoms with Gasteiger partial charge in [0.15, 0.2) is 0 Å². The van der Waals surface area contributed by atoms with Crippen molar-refractivity contribution in [1.29, 1.82) is 0 Å². The third-order valence-corrected chi connectivity index (χ3v) is 4.38. The molecule has 0 saturated heterocycles. The van der Waals surface area contributed by atoms with Gasteiger partial charge in [0.05, 0.1) is 0 Å². The van der Waals surface area contributed by atoms with Crippen LogP contribution in [0.5, 0.6) is 0 Å². The molecule has 20 heavy (non-hydrogen) atoms. The standard InChI is InChI=1S/C18H18ClN/c19-17-9-5-4-8-15(17)16-11-10-14(12-18(16)20)13-6-2-1-3-7-13/h1-10,16,18H,11-12,20H2/t16-,18+/m0/s1. The Hall–Kier alpha value is -1.57. The number of hydrogen-bond donors (Lipinski definition) is 1. The molecule has 102 valence electrons. The van der Waals surface area contributed by atoms with Crippen LogP contribution in [0.25, 0.3) is 5.57 Å². The van der Waals surface area contributed by atoms with Gasteiger partial charge in [-0.1, -0.05) is 66.2 Å². The average molecular weight is 284 g/mol. The zero-order chi connectivity index (χ0) is 13.9. The van der Waals surface area contributed by atoms with E-state index in [0.29, 0.717) is 5.92 Å². The van der Waals surface area contributed by atoms with E-state index in [4.69, 9.17) is 17.3 Å². The van der Waals surface area contributed by atoms with Crippen LogP contribution in [-0.4, -0.2) is 6.04 Å². The SMILES string of the molecule is N[C@@H]1CC(c2ccccc2)=CC[C@H]1c1ccccc1Cl. The van der Waals surface area contributed by atoms with Gasteiger partial charge >= 0.3 is 0 Å². The van der Waals surface area contributed by atoms with E-state index < -0.39 is 0 Å². The van der Waals surface area contributed by atoms with E-state index in [1.54, 1.807) is 0 Å². The summed E-state index contributed by atoms with van der Waals surface area (Å²) in [6.45, 7) is 0. The molecule has 0 aromatic heterocycles. The van der Waals surface area contributed by atoms with Crippen molar-refractivity contribution in [3.05, 3.63) is 76.8 Å². The Morgan fingerprint density at radius 2 is 1.65 bits per heavy atom. The molecule has 0 unspecified atom stereocenters. The quantitative estimate of drug-likeness (QED) is 0.854. The molecule has 0 fully saturated rings. The van der Waals surface area contributed by atoms with Crippen LogP contribution in [0, 0.1) is 0 Å². The maximum absolute atomic E-state index is 6.41. The normalized spacial score (nSPS) is 22.4. The predicted molar refractivity (Wildman–Crippen MR) is 85.8 cm³/mol. The third-order valence-electron chi connectivity index (χ3n) is 4.04. The van der Waals surface area contributed by atoms with Gasteiger partial charge in [-0.25, -0.2) is 0 Å². The van der Waals surface area contributed by atoms with Gasteiger partial charge in [-0.2, -0.15) is 0 Å². The van der Waals surface area contributed by atoms with Gasteiger partial charge in [-0.15, -0.1) is 0 Å². The number of benzene rings is 2. The fourth-order valence-corrected chi connectivity index (χ4v) is 3.22. The first kappa shape index (κ1) is 13.4. The van der Waals surface area contributed by atoms with Crippen LogP contribution in [0.2, 0.25) is 5.02 Å². The van der Waals surface area contributed by atoms with E-state index in [-0.39, 0.29) is 6.04 Å². The van der Waals surface area contributed by atoms with Gasteiger partial charge < -0.3 is 5.73 Å². The first-order valence-electron chi connectivity index (χ1n) is 7.00. The molecule has 1 aliphatic carbocycles. The van der Waals surface area contributed by atoms with Gasteiger partial charge in [0.25, 0.3) is 0 Å². The first-order chi connectivity index (χ1) is 9.75. The molecule has 2 atom stereocenters. The van der Waals surface area contributed by atoms with Crippen molar-refractivity contribution in [1.82, 2.24) is 0 Å². The van der Waals surface area contributed by atoms with Crippen molar-refractivity contribution in [2.45, 2.75) is 24.8 Å². The summed E-state index contributed by atoms with van der Waals surface area (Å²) in [6.07, 6.45) is 4.17. The lowest BCUT2D eigenvalue weighted by molar-refractivity contribution is 0.529. The number of hydrogen-bond acceptors (Lipinski definition) is 1. The maximum Gasteiger partial charge on any atom is 0.0441 e. The monoisotopic (exact) mass is 283 g/mol. The Balaban J connectivity index is 1.86. The summed E-state index contributed by atoms with van der Waals surface area (Å²) in [7, 11) is 0. The zero-order valence-electron chi connectivity index (χ0n) is 11.3. The lowest BCUT2D eigenvalue weighted by Crippen LogP contribution is -2.31. The first-order valence-corrected chi connectivity index (χ1v) is 7.38. The van der Waals surface area contributed by atoms with Crippen LogP contribution in [0.3, 0.4) is 0 Å². The Labute approximate surface area is 125 Å². The van der Waals surface area contributed by atoms with Crippen molar-refractivity contribution in [2.24, 2.45) is 5.73 Å². The van der Waals surface area contributed by atoms with Gasteiger partial charge in [0, 0.05) is 17.0 Å². The third kappa shape index (κ3) is 2.65. The molecule has 0 bridgehead atoms. The lowest BCUT2D eigenvalue weighted by atomic mass is 9.79. The molecule has 0 radical (unpaired) electrons. The fraction of sp³-hybridized carbons (Fsp3) is 0.222. The molecule has 0 aliphatic heterocycles. The molecule has 0 spiro atoms. The second kappa shape index (κ2) is 5.82. The summed E-state index contributed by atoms with van der Waals surface area (Å²) >= 11 is 6.30. The van der Waals surface area contributed by atoms with Crippen molar-refractivity contribution < 1.29 is 0 Å². The lowest BCUT2D eigenvalue weighted by Gasteiger charge is -2.29. The second-order valence-electron chi connectivity index (χ2n) is 5.33. The van der Waals surface area contributed by atoms with Crippen LogP contribution < -0.4 is 5.73 Å². The van der Waals surface area contributed by atoms with E-state index in [1.807, 2.05) is 24.3 Å². The molecule has 3 rings (SSSR count). The van der Waals surface area contributed by atoms with E-state index in [2.05, 4.69) is 36.4 Å². The molecule has 2 heteroatoms. The summed E-state index contributed by atoms with van der Waals surface area (Å²) < 4.78 is 0. The Morgan fingerprint density at radius 1 is 0.950 bits per heavy atom. The molecule has 0 amide bonds. The topological polar surface area (TPSA) is 26.0 Å². The van der Waals surface area contributed by atoms with E-state index in [9.17, 15) is 0 Å². The van der Waals surface area contributed by atoms with Gasteiger partial charge in [-0.3, -0.25) is 0 Å². The largest absolute Gasteiger partial charge is 0.327 e. The van der Waals surface area contributed by atoms with Crippen LogP contribution in [0.1, 0.15) is 29.9 Å². The average Bonchev–Trinajstić information content (AvgIpc) is 2.49. The molecular weight excluding hydrogens is 266 g/mol. The van der Waals surface area contributed by atoms with Gasteiger partial charge in [0.2, 0.25) is 0 Å². The number of allylic oxidation sites excluding steroid dienone is 1. The van der Waals surface area contributed by atoms with Crippen molar-refractivity contribution >= 4 is 17.2 Å². The van der Waals surface area contributed by atoms with Crippen molar-refractivity contribution in [3.63, 3.8) is 0 Å². The van der Waals surface area contributed by atoms with E-state index in [1.165, 1.54) is 16.7 Å². The highest BCUT2D eigenvalue weighted by Gasteiger charge is 2.26. The molecule has 1 aliphatic rings. The number of halogens is 1. The summed E-state index contributed by atoms with van der Waals surface area (Å²) in [4.78, 5) is 0. The molecule has 0 saturated carbocycles. The van der Waals surface area contributed by atoms with E-state index >= 15 is 0 Å². The summed E-state index contributed by atoms with van der Waals surface area (Å²) in [5.74, 6) is 0.316. The summed E-state index contributed by atoms with van der Waals surface area (Å²) in [5, 5.41) is 0.824. The number of rotatable bonds is 2. The molecule has 2 N–H and O–H groups in total. The Bertz CT molecular complexity index is 618. The molecule has 2 aromatic rings. The predicted octanol–water partition coefficient (Wildman–Crippen LogP) is 4.63. The zero-order valence-corrected chi connectivity index (χ0v) is 12.1. The Morgan fingerprint density at radius 3 is 2.35 bits per heavy atom. The highest BCUT2D eigenvalue weighted by atomic mass is 35.5. The smallest absolute Gasteiger partial charge is 0.0441 e. The fourth-order valence-electron chi connectivity index (χ4n) is 2.94. The van der Waals surface area contributed by atoms with Crippen LogP contribution in [-0.2, 0) is 0 Å². The van der Waals surface area contributed by atoms with Crippen LogP contribution in [0.4, 0.5) is 0 Å². The van der Waals surface area contributed by atoms with E-state index in [0.717, 1.165) is 17.9 Å². The summed E-state index contributed by atoms with van der Waals surface area (Å²) in [5.41, 5.74) is 10.2. The highest BCUT2D eigenvalue weighted by molar-refractivity contribution is 6.31. The van der Waals surface area contributed by atoms with Crippen molar-refractivity contribution in [3.8, 4) is 0 Å². The molecule has 0 heterocycles. The second-order valence-corrected chi connectivity index (χ2v) is 5.73. The van der Waals surface area contributed by atoms with Crippen LogP contribution in [0.15, 0.2) is 60.7 Å². The van der Waals surface area contributed by atoms with Gasteiger partial charge in [0.1, 0.15) is 0 Å². The maximum atomic E-state index is 6.41. The molecule has 2 aromatic carbocycles. The van der Waals surface area contributed by atoms with Crippen molar-refractivity contribution in [2.75, 3.05) is 0 Å². The minimum absolute atomic E-state index is 0.120. The molecular formula is C18H18ClN. The van der Waals surface area contributed by atoms with Gasteiger partial charge in [-0.05, 0) is 35.6 Å². The highest BCUT2D eigenvalue weighted by Crippen LogP contribution is 2.37. The Kier molecular flexibility index (Phi) is 3.90. The minimum atomic E-state index is 0.120. The van der Waals surface area contributed by atoms with Crippen LogP contribution >= 0.6 is 11.6 Å².